The third kappa shape index (κ3) is 3.94. The first-order valence-electron chi connectivity index (χ1n) is 7.42. The number of rotatable bonds is 6. The van der Waals surface area contributed by atoms with Gasteiger partial charge in [0.25, 0.3) is 0 Å². The van der Waals surface area contributed by atoms with Crippen molar-refractivity contribution in [3.63, 3.8) is 0 Å². The Balaban J connectivity index is 1.80. The standard InChI is InChI=1S/C13H22N2O5S/c16-12(15-9-3-5-11(15)13(17)18)6-4-10-21(19,20)14-7-1-2-8-14/h11H,1-10H2,(H,17,18)/t11-/m0/s1. The number of carbonyl (C=O) groups excluding carboxylic acids is 1. The number of likely N-dealkylation sites (tertiary alicyclic amines) is 1. The maximum absolute atomic E-state index is 12.0. The topological polar surface area (TPSA) is 95.0 Å². The highest BCUT2D eigenvalue weighted by atomic mass is 32.2. The largest absolute Gasteiger partial charge is 0.480 e. The van der Waals surface area contributed by atoms with Crippen LogP contribution in [0.1, 0.15) is 38.5 Å². The summed E-state index contributed by atoms with van der Waals surface area (Å²) in [6.07, 6.45) is 3.30. The Morgan fingerprint density at radius 1 is 1.10 bits per heavy atom. The molecule has 1 atom stereocenters. The normalized spacial score (nSPS) is 23.6. The van der Waals surface area contributed by atoms with Crippen LogP contribution in [0.25, 0.3) is 0 Å². The Bertz CT molecular complexity index is 499. The molecule has 21 heavy (non-hydrogen) atoms. The van der Waals surface area contributed by atoms with Crippen LogP contribution in [-0.4, -0.2) is 66.0 Å². The van der Waals surface area contributed by atoms with Gasteiger partial charge in [-0.1, -0.05) is 0 Å². The lowest BCUT2D eigenvalue weighted by molar-refractivity contribution is -0.148. The minimum atomic E-state index is -3.26. The number of hydrogen-bond donors (Lipinski definition) is 1. The molecular weight excluding hydrogens is 296 g/mol. The van der Waals surface area contributed by atoms with E-state index in [4.69, 9.17) is 5.11 Å². The predicted octanol–water partition coefficient (Wildman–Crippen LogP) is 0.268. The summed E-state index contributed by atoms with van der Waals surface area (Å²) >= 11 is 0. The van der Waals surface area contributed by atoms with E-state index in [9.17, 15) is 18.0 Å². The summed E-state index contributed by atoms with van der Waals surface area (Å²) in [5, 5.41) is 9.03. The molecule has 0 aromatic rings. The van der Waals surface area contributed by atoms with Gasteiger partial charge in [-0.05, 0) is 32.1 Å². The molecule has 2 fully saturated rings. The second kappa shape index (κ2) is 6.74. The van der Waals surface area contributed by atoms with E-state index in [1.807, 2.05) is 0 Å². The average molecular weight is 318 g/mol. The molecule has 0 spiro atoms. The van der Waals surface area contributed by atoms with Crippen LogP contribution < -0.4 is 0 Å². The fourth-order valence-corrected chi connectivity index (χ4v) is 4.55. The lowest BCUT2D eigenvalue weighted by atomic mass is 10.2. The molecule has 0 unspecified atom stereocenters. The summed E-state index contributed by atoms with van der Waals surface area (Å²) in [7, 11) is -3.26. The maximum atomic E-state index is 12.0. The number of sulfonamides is 1. The van der Waals surface area contributed by atoms with E-state index in [1.165, 1.54) is 9.21 Å². The molecular formula is C13H22N2O5S. The first kappa shape index (κ1) is 16.2. The Morgan fingerprint density at radius 2 is 1.76 bits per heavy atom. The number of nitrogens with zero attached hydrogens (tertiary/aromatic N) is 2. The molecule has 2 aliphatic heterocycles. The second-order valence-electron chi connectivity index (χ2n) is 5.61. The number of carbonyl (C=O) groups is 2. The zero-order valence-corrected chi connectivity index (χ0v) is 12.8. The van der Waals surface area contributed by atoms with Crippen LogP contribution in [0.3, 0.4) is 0 Å². The first-order chi connectivity index (χ1) is 9.92. The van der Waals surface area contributed by atoms with Gasteiger partial charge in [0, 0.05) is 26.1 Å². The van der Waals surface area contributed by atoms with Crippen molar-refractivity contribution in [1.82, 2.24) is 9.21 Å². The molecule has 2 aliphatic rings. The molecule has 0 radical (unpaired) electrons. The third-order valence-electron chi connectivity index (χ3n) is 4.11. The number of carboxylic acid groups (broad SMARTS) is 1. The van der Waals surface area contributed by atoms with Crippen LogP contribution in [-0.2, 0) is 19.6 Å². The number of carboxylic acids is 1. The summed E-state index contributed by atoms with van der Waals surface area (Å²) in [6, 6.07) is -0.743. The molecule has 0 aliphatic carbocycles. The number of aliphatic carboxylic acids is 1. The summed E-state index contributed by atoms with van der Waals surface area (Å²) in [6.45, 7) is 1.60. The van der Waals surface area contributed by atoms with Crippen LogP contribution in [0.2, 0.25) is 0 Å². The quantitative estimate of drug-likeness (QED) is 0.758. The fourth-order valence-electron chi connectivity index (χ4n) is 2.97. The molecule has 7 nitrogen and oxygen atoms in total. The molecule has 8 heteroatoms. The smallest absolute Gasteiger partial charge is 0.326 e. The zero-order valence-electron chi connectivity index (χ0n) is 12.0. The molecule has 2 rings (SSSR count). The van der Waals surface area contributed by atoms with Crippen molar-refractivity contribution in [3.05, 3.63) is 0 Å². The van der Waals surface area contributed by atoms with Crippen molar-refractivity contribution in [1.29, 1.82) is 0 Å². The Labute approximate surface area is 125 Å². The van der Waals surface area contributed by atoms with Crippen LogP contribution in [0.15, 0.2) is 0 Å². The molecule has 120 valence electrons. The SMILES string of the molecule is O=C(O)[C@@H]1CCCN1C(=O)CCCS(=O)(=O)N1CCCC1. The molecule has 1 amide bonds. The van der Waals surface area contributed by atoms with E-state index in [1.54, 1.807) is 0 Å². The van der Waals surface area contributed by atoms with Gasteiger partial charge in [-0.3, -0.25) is 4.79 Å². The molecule has 0 bridgehead atoms. The average Bonchev–Trinajstić information content (AvgIpc) is 3.10. The van der Waals surface area contributed by atoms with Gasteiger partial charge < -0.3 is 10.0 Å². The molecule has 2 saturated heterocycles. The fraction of sp³-hybridized carbons (Fsp3) is 0.846. The van der Waals surface area contributed by atoms with Crippen molar-refractivity contribution in [2.45, 2.75) is 44.6 Å². The van der Waals surface area contributed by atoms with Crippen LogP contribution >= 0.6 is 0 Å². The summed E-state index contributed by atoms with van der Waals surface area (Å²) in [5.74, 6) is -1.27. The lowest BCUT2D eigenvalue weighted by Gasteiger charge is -2.21. The van der Waals surface area contributed by atoms with Gasteiger partial charge in [-0.2, -0.15) is 0 Å². The molecule has 1 N–H and O–H groups in total. The van der Waals surface area contributed by atoms with E-state index < -0.39 is 22.0 Å². The van der Waals surface area contributed by atoms with Gasteiger partial charge in [-0.25, -0.2) is 17.5 Å². The minimum absolute atomic E-state index is 0.0374. The number of amides is 1. The Morgan fingerprint density at radius 3 is 2.38 bits per heavy atom. The lowest BCUT2D eigenvalue weighted by Crippen LogP contribution is -2.40. The highest BCUT2D eigenvalue weighted by Crippen LogP contribution is 2.19. The van der Waals surface area contributed by atoms with E-state index in [0.29, 0.717) is 32.5 Å². The minimum Gasteiger partial charge on any atom is -0.480 e. The van der Waals surface area contributed by atoms with Gasteiger partial charge in [0.1, 0.15) is 6.04 Å². The molecule has 0 aromatic heterocycles. The summed E-state index contributed by atoms with van der Waals surface area (Å²) in [4.78, 5) is 24.4. The van der Waals surface area contributed by atoms with Crippen molar-refractivity contribution < 1.29 is 23.1 Å². The third-order valence-corrected chi connectivity index (χ3v) is 6.07. The van der Waals surface area contributed by atoms with Gasteiger partial charge in [0.2, 0.25) is 15.9 Å². The van der Waals surface area contributed by atoms with Crippen LogP contribution in [0.4, 0.5) is 0 Å². The van der Waals surface area contributed by atoms with E-state index in [0.717, 1.165) is 12.8 Å². The summed E-state index contributed by atoms with van der Waals surface area (Å²) in [5.41, 5.74) is 0. The Kier molecular flexibility index (Phi) is 5.21. The van der Waals surface area contributed by atoms with Gasteiger partial charge >= 0.3 is 5.97 Å². The van der Waals surface area contributed by atoms with Crippen molar-refractivity contribution in [3.8, 4) is 0 Å². The second-order valence-corrected chi connectivity index (χ2v) is 7.70. The zero-order chi connectivity index (χ0) is 15.5. The van der Waals surface area contributed by atoms with E-state index in [-0.39, 0.29) is 24.5 Å². The highest BCUT2D eigenvalue weighted by molar-refractivity contribution is 7.89. The monoisotopic (exact) mass is 318 g/mol. The predicted molar refractivity (Wildman–Crippen MR) is 76.2 cm³/mol. The van der Waals surface area contributed by atoms with Gasteiger partial charge in [0.15, 0.2) is 0 Å². The van der Waals surface area contributed by atoms with E-state index >= 15 is 0 Å². The van der Waals surface area contributed by atoms with Crippen molar-refractivity contribution in [2.75, 3.05) is 25.4 Å². The van der Waals surface area contributed by atoms with Crippen molar-refractivity contribution >= 4 is 21.9 Å². The van der Waals surface area contributed by atoms with E-state index in [2.05, 4.69) is 0 Å². The van der Waals surface area contributed by atoms with Gasteiger partial charge in [-0.15, -0.1) is 0 Å². The summed E-state index contributed by atoms with van der Waals surface area (Å²) < 4.78 is 25.5. The van der Waals surface area contributed by atoms with Crippen molar-refractivity contribution in [2.24, 2.45) is 0 Å². The Hall–Kier alpha value is -1.15. The molecule has 0 saturated carbocycles. The number of hydrogen-bond acceptors (Lipinski definition) is 4. The molecule has 2 heterocycles. The maximum Gasteiger partial charge on any atom is 0.326 e. The van der Waals surface area contributed by atoms with Crippen LogP contribution in [0, 0.1) is 0 Å². The van der Waals surface area contributed by atoms with Crippen LogP contribution in [0.5, 0.6) is 0 Å². The first-order valence-corrected chi connectivity index (χ1v) is 9.03. The van der Waals surface area contributed by atoms with Gasteiger partial charge in [0.05, 0.1) is 5.75 Å². The molecule has 0 aromatic carbocycles. The highest BCUT2D eigenvalue weighted by Gasteiger charge is 2.33.